The van der Waals surface area contributed by atoms with Gasteiger partial charge in [-0.25, -0.2) is 0 Å². The molecular formula is C36H58N8O7. The number of nitrogens with two attached hydrogens (primary N) is 2. The van der Waals surface area contributed by atoms with Gasteiger partial charge in [0.1, 0.15) is 36.3 Å². The van der Waals surface area contributed by atoms with Crippen LogP contribution in [0.1, 0.15) is 85.6 Å². The molecule has 0 spiro atoms. The molecule has 0 radical (unpaired) electrons. The summed E-state index contributed by atoms with van der Waals surface area (Å²) < 4.78 is 0. The highest BCUT2D eigenvalue weighted by Crippen LogP contribution is 2.13. The Morgan fingerprint density at radius 3 is 1.57 bits per heavy atom. The highest BCUT2D eigenvalue weighted by Gasteiger charge is 2.36. The molecule has 1 fully saturated rings. The van der Waals surface area contributed by atoms with Crippen molar-refractivity contribution < 1.29 is 33.6 Å². The SMILES string of the molecule is CC(C)C[C@@H]1NC(=O)[C@H](Cc2ccccc2)NC(=O)[C@@H](CCCCN)NC(=O)[C@H](CC(N)=O)NC(=O)[C@H](C(C)C)NC(=O)[C@@H](CC(C)C)NC1=O. The van der Waals surface area contributed by atoms with Crippen molar-refractivity contribution in [2.24, 2.45) is 29.2 Å². The van der Waals surface area contributed by atoms with Crippen molar-refractivity contribution in [2.75, 3.05) is 6.54 Å². The zero-order chi connectivity index (χ0) is 38.2. The van der Waals surface area contributed by atoms with Gasteiger partial charge < -0.3 is 43.4 Å². The molecule has 15 nitrogen and oxygen atoms in total. The summed E-state index contributed by atoms with van der Waals surface area (Å²) >= 11 is 0. The minimum absolute atomic E-state index is 0.0389. The molecule has 10 N–H and O–H groups in total. The molecule has 1 heterocycles. The fourth-order valence-electron chi connectivity index (χ4n) is 5.78. The van der Waals surface area contributed by atoms with Crippen molar-refractivity contribution in [3.05, 3.63) is 35.9 Å². The van der Waals surface area contributed by atoms with Gasteiger partial charge in [-0.15, -0.1) is 0 Å². The number of hydrogen-bond donors (Lipinski definition) is 8. The number of amides is 7. The number of hydrogen-bond acceptors (Lipinski definition) is 8. The van der Waals surface area contributed by atoms with E-state index in [1.165, 1.54) is 0 Å². The molecule has 0 bridgehead atoms. The van der Waals surface area contributed by atoms with E-state index >= 15 is 0 Å². The second kappa shape index (κ2) is 21.0. The lowest BCUT2D eigenvalue weighted by Gasteiger charge is -2.30. The van der Waals surface area contributed by atoms with Crippen LogP contribution in [0.3, 0.4) is 0 Å². The Balaban J connectivity index is 2.68. The van der Waals surface area contributed by atoms with Crippen molar-refractivity contribution >= 4 is 41.4 Å². The summed E-state index contributed by atoms with van der Waals surface area (Å²) in [5, 5.41) is 16.2. The lowest BCUT2D eigenvalue weighted by atomic mass is 9.97. The largest absolute Gasteiger partial charge is 0.370 e. The second-order valence-corrected chi connectivity index (χ2v) is 14.4. The van der Waals surface area contributed by atoms with E-state index in [1.807, 2.05) is 33.8 Å². The summed E-state index contributed by atoms with van der Waals surface area (Å²) in [5.41, 5.74) is 11.9. The summed E-state index contributed by atoms with van der Waals surface area (Å²) in [6.07, 6.45) is 1.03. The third-order valence-corrected chi connectivity index (χ3v) is 8.46. The van der Waals surface area contributed by atoms with Gasteiger partial charge in [0, 0.05) is 6.42 Å². The van der Waals surface area contributed by atoms with E-state index in [0.29, 0.717) is 19.4 Å². The Morgan fingerprint density at radius 1 is 0.608 bits per heavy atom. The number of nitrogens with one attached hydrogen (secondary N) is 6. The van der Waals surface area contributed by atoms with Crippen LogP contribution in [-0.2, 0) is 40.0 Å². The van der Waals surface area contributed by atoms with Gasteiger partial charge in [-0.1, -0.05) is 71.9 Å². The van der Waals surface area contributed by atoms with Gasteiger partial charge in [-0.2, -0.15) is 0 Å². The Kier molecular flexibility index (Phi) is 17.5. The molecule has 15 heteroatoms. The molecule has 1 aromatic carbocycles. The second-order valence-electron chi connectivity index (χ2n) is 14.4. The number of unbranched alkanes of at least 4 members (excludes halogenated alkanes) is 1. The van der Waals surface area contributed by atoms with Crippen LogP contribution in [0.15, 0.2) is 30.3 Å². The Bertz CT molecular complexity index is 1350. The molecule has 2 rings (SSSR count). The quantitative estimate of drug-likeness (QED) is 0.128. The number of benzene rings is 1. The van der Waals surface area contributed by atoms with Crippen LogP contribution in [-0.4, -0.2) is 84.1 Å². The molecule has 1 aliphatic rings. The standard InChI is InChI=1S/C36H58N8O7/c1-20(2)16-25-32(47)41-26(17-21(3)4)35(50)44-30(22(5)6)36(51)43-28(19-29(38)45)34(49)39-24(14-10-11-15-37)31(46)42-27(33(48)40-25)18-23-12-8-7-9-13-23/h7-9,12-13,20-22,24-28,30H,10-11,14-19,37H2,1-6H3,(H2,38,45)(H,39,49)(H,40,48)(H,41,47)(H,42,46)(H,43,51)(H,44,50)/t24-,25+,26-,27+,28+,30+/m1/s1. The minimum atomic E-state index is -1.48. The molecular weight excluding hydrogens is 656 g/mol. The van der Waals surface area contributed by atoms with E-state index in [2.05, 4.69) is 31.9 Å². The summed E-state index contributed by atoms with van der Waals surface area (Å²) in [7, 11) is 0. The van der Waals surface area contributed by atoms with E-state index < -0.39 is 89.9 Å². The van der Waals surface area contributed by atoms with E-state index in [-0.39, 0.29) is 37.5 Å². The van der Waals surface area contributed by atoms with Crippen molar-refractivity contribution in [2.45, 2.75) is 123 Å². The zero-order valence-electron chi connectivity index (χ0n) is 30.8. The fourth-order valence-corrected chi connectivity index (χ4v) is 5.78. The van der Waals surface area contributed by atoms with Crippen molar-refractivity contribution in [3.8, 4) is 0 Å². The van der Waals surface area contributed by atoms with E-state index in [0.717, 1.165) is 5.56 Å². The van der Waals surface area contributed by atoms with Gasteiger partial charge >= 0.3 is 0 Å². The maximum atomic E-state index is 14.0. The highest BCUT2D eigenvalue weighted by atomic mass is 16.2. The third kappa shape index (κ3) is 14.7. The van der Waals surface area contributed by atoms with Crippen LogP contribution in [0.5, 0.6) is 0 Å². The summed E-state index contributed by atoms with van der Waals surface area (Å²) in [6.45, 7) is 11.2. The van der Waals surface area contributed by atoms with Crippen LogP contribution in [0.25, 0.3) is 0 Å². The first-order chi connectivity index (χ1) is 24.0. The Morgan fingerprint density at radius 2 is 1.06 bits per heavy atom. The first-order valence-electron chi connectivity index (χ1n) is 17.9. The van der Waals surface area contributed by atoms with Crippen molar-refractivity contribution in [1.29, 1.82) is 0 Å². The third-order valence-electron chi connectivity index (χ3n) is 8.46. The molecule has 0 unspecified atom stereocenters. The molecule has 1 aliphatic heterocycles. The highest BCUT2D eigenvalue weighted by molar-refractivity contribution is 5.99. The summed E-state index contributed by atoms with van der Waals surface area (Å²) in [6, 6.07) is 1.83. The van der Waals surface area contributed by atoms with E-state index in [1.54, 1.807) is 38.1 Å². The predicted molar refractivity (Wildman–Crippen MR) is 192 cm³/mol. The van der Waals surface area contributed by atoms with Gasteiger partial charge in [0.15, 0.2) is 0 Å². The van der Waals surface area contributed by atoms with E-state index in [9.17, 15) is 33.6 Å². The molecule has 284 valence electrons. The topological polar surface area (TPSA) is 244 Å². The normalized spacial score (nSPS) is 24.5. The minimum Gasteiger partial charge on any atom is -0.370 e. The lowest BCUT2D eigenvalue weighted by molar-refractivity contribution is -0.137. The molecule has 0 saturated carbocycles. The fraction of sp³-hybridized carbons (Fsp3) is 0.639. The zero-order valence-corrected chi connectivity index (χ0v) is 30.8. The molecule has 6 atom stereocenters. The van der Waals surface area contributed by atoms with Gasteiger partial charge in [-0.3, -0.25) is 33.6 Å². The van der Waals surface area contributed by atoms with Crippen molar-refractivity contribution in [3.63, 3.8) is 0 Å². The van der Waals surface area contributed by atoms with Crippen LogP contribution in [0.4, 0.5) is 0 Å². The summed E-state index contributed by atoms with van der Waals surface area (Å²) in [4.78, 5) is 94.8. The Hall–Kier alpha value is -4.53. The first-order valence-corrected chi connectivity index (χ1v) is 17.9. The first kappa shape index (κ1) is 42.6. The maximum absolute atomic E-state index is 14.0. The average Bonchev–Trinajstić information content (AvgIpc) is 3.04. The summed E-state index contributed by atoms with van der Waals surface area (Å²) in [5.74, 6) is -5.60. The van der Waals surface area contributed by atoms with E-state index in [4.69, 9.17) is 11.5 Å². The molecule has 0 aliphatic carbocycles. The molecule has 0 aromatic heterocycles. The van der Waals surface area contributed by atoms with Gasteiger partial charge in [0.25, 0.3) is 0 Å². The number of carbonyl (C=O) groups is 7. The molecule has 7 amide bonds. The van der Waals surface area contributed by atoms with Crippen LogP contribution >= 0.6 is 0 Å². The van der Waals surface area contributed by atoms with Crippen LogP contribution in [0.2, 0.25) is 0 Å². The Labute approximate surface area is 300 Å². The number of primary amides is 1. The monoisotopic (exact) mass is 714 g/mol. The van der Waals surface area contributed by atoms with Gasteiger partial charge in [-0.05, 0) is 62.0 Å². The lowest BCUT2D eigenvalue weighted by Crippen LogP contribution is -2.62. The van der Waals surface area contributed by atoms with Crippen molar-refractivity contribution in [1.82, 2.24) is 31.9 Å². The molecule has 1 aromatic rings. The smallest absolute Gasteiger partial charge is 0.243 e. The van der Waals surface area contributed by atoms with Crippen LogP contribution in [0, 0.1) is 17.8 Å². The van der Waals surface area contributed by atoms with Gasteiger partial charge in [0.2, 0.25) is 41.4 Å². The average molecular weight is 715 g/mol. The molecule has 51 heavy (non-hydrogen) atoms. The molecule has 1 saturated heterocycles. The predicted octanol–water partition coefficient (Wildman–Crippen LogP) is -0.0959. The van der Waals surface area contributed by atoms with Gasteiger partial charge in [0.05, 0.1) is 6.42 Å². The maximum Gasteiger partial charge on any atom is 0.243 e. The van der Waals surface area contributed by atoms with Crippen LogP contribution < -0.4 is 43.4 Å². The number of carbonyl (C=O) groups excluding carboxylic acids is 7. The number of rotatable bonds is 13.